The molecule has 0 saturated carbocycles. The van der Waals surface area contributed by atoms with Crippen LogP contribution in [0.1, 0.15) is 12.5 Å². The molecule has 0 bridgehead atoms. The van der Waals surface area contributed by atoms with Gasteiger partial charge < -0.3 is 10.2 Å². The van der Waals surface area contributed by atoms with E-state index >= 15 is 0 Å². The first-order valence-corrected chi connectivity index (χ1v) is 6.11. The van der Waals surface area contributed by atoms with Gasteiger partial charge in [0.05, 0.1) is 10.6 Å². The van der Waals surface area contributed by atoms with Crippen molar-refractivity contribution in [3.63, 3.8) is 0 Å². The molecule has 0 aromatic heterocycles. The second kappa shape index (κ2) is 6.20. The number of piperazine rings is 1. The smallest absolute Gasteiger partial charge is 0.366 e. The van der Waals surface area contributed by atoms with Gasteiger partial charge >= 0.3 is 6.18 Å². The molecule has 1 fully saturated rings. The first-order valence-electron chi connectivity index (χ1n) is 5.73. The third kappa shape index (κ3) is 3.68. The van der Waals surface area contributed by atoms with E-state index in [1.807, 2.05) is 11.8 Å². The van der Waals surface area contributed by atoms with Crippen LogP contribution in [0.15, 0.2) is 18.2 Å². The first-order chi connectivity index (χ1) is 8.39. The van der Waals surface area contributed by atoms with Gasteiger partial charge in [-0.1, -0.05) is 11.6 Å². The normalized spacial score (nSPS) is 20.1. The molecule has 0 amide bonds. The lowest BCUT2D eigenvalue weighted by molar-refractivity contribution is -0.137. The average Bonchev–Trinajstić information content (AvgIpc) is 2.29. The van der Waals surface area contributed by atoms with Crippen molar-refractivity contribution >= 4 is 29.7 Å². The molecule has 1 aromatic carbocycles. The molecule has 0 aliphatic carbocycles. The summed E-state index contributed by atoms with van der Waals surface area (Å²) in [6.07, 6.45) is -4.41. The quantitative estimate of drug-likeness (QED) is 0.852. The summed E-state index contributed by atoms with van der Waals surface area (Å²) in [7, 11) is 0. The number of benzene rings is 1. The number of rotatable bonds is 1. The largest absolute Gasteiger partial charge is 0.417 e. The van der Waals surface area contributed by atoms with Crippen LogP contribution in [0.25, 0.3) is 0 Å². The second-order valence-corrected chi connectivity index (χ2v) is 4.82. The van der Waals surface area contributed by atoms with Crippen LogP contribution in [0.5, 0.6) is 0 Å². The van der Waals surface area contributed by atoms with E-state index in [1.54, 1.807) is 6.07 Å². The summed E-state index contributed by atoms with van der Waals surface area (Å²) in [5, 5.41) is 2.95. The topological polar surface area (TPSA) is 15.3 Å². The van der Waals surface area contributed by atoms with E-state index in [1.165, 1.54) is 6.07 Å². The van der Waals surface area contributed by atoms with Crippen molar-refractivity contribution in [1.82, 2.24) is 5.32 Å². The Morgan fingerprint density at radius 2 is 2.05 bits per heavy atom. The number of anilines is 1. The highest BCUT2D eigenvalue weighted by atomic mass is 35.5. The van der Waals surface area contributed by atoms with Crippen molar-refractivity contribution in [3.8, 4) is 0 Å². The molecule has 2 nitrogen and oxygen atoms in total. The summed E-state index contributed by atoms with van der Waals surface area (Å²) in [6.45, 7) is 4.21. The highest BCUT2D eigenvalue weighted by molar-refractivity contribution is 6.31. The molecule has 1 aromatic rings. The van der Waals surface area contributed by atoms with E-state index in [9.17, 15) is 13.2 Å². The van der Waals surface area contributed by atoms with Crippen molar-refractivity contribution in [1.29, 1.82) is 0 Å². The van der Waals surface area contributed by atoms with Crippen molar-refractivity contribution in [3.05, 3.63) is 28.8 Å². The van der Waals surface area contributed by atoms with Crippen LogP contribution in [-0.4, -0.2) is 25.7 Å². The average molecular weight is 315 g/mol. The molecule has 1 unspecified atom stereocenters. The fourth-order valence-corrected chi connectivity index (χ4v) is 2.36. The van der Waals surface area contributed by atoms with Gasteiger partial charge in [-0.2, -0.15) is 13.2 Å². The monoisotopic (exact) mass is 314 g/mol. The van der Waals surface area contributed by atoms with Crippen molar-refractivity contribution in [2.24, 2.45) is 0 Å². The third-order valence-corrected chi connectivity index (χ3v) is 3.42. The summed E-state index contributed by atoms with van der Waals surface area (Å²) >= 11 is 5.61. The Morgan fingerprint density at radius 1 is 1.37 bits per heavy atom. The fraction of sp³-hybridized carbons (Fsp3) is 0.500. The van der Waals surface area contributed by atoms with Crippen LogP contribution < -0.4 is 10.2 Å². The second-order valence-electron chi connectivity index (χ2n) is 4.41. The molecule has 1 aliphatic heterocycles. The number of nitrogens with one attached hydrogen (secondary N) is 1. The van der Waals surface area contributed by atoms with Gasteiger partial charge in [0.15, 0.2) is 0 Å². The zero-order valence-electron chi connectivity index (χ0n) is 10.3. The van der Waals surface area contributed by atoms with Crippen LogP contribution in [-0.2, 0) is 6.18 Å². The van der Waals surface area contributed by atoms with Gasteiger partial charge in [0, 0.05) is 31.4 Å². The van der Waals surface area contributed by atoms with Crippen LogP contribution in [0.3, 0.4) is 0 Å². The Labute approximate surface area is 121 Å². The summed E-state index contributed by atoms with van der Waals surface area (Å²) in [4.78, 5) is 1.96. The van der Waals surface area contributed by atoms with Gasteiger partial charge in [-0.25, -0.2) is 0 Å². The van der Waals surface area contributed by atoms with E-state index in [-0.39, 0.29) is 23.5 Å². The summed E-state index contributed by atoms with van der Waals surface area (Å²) in [5.74, 6) is 0. The van der Waals surface area contributed by atoms with Crippen molar-refractivity contribution < 1.29 is 13.2 Å². The van der Waals surface area contributed by atoms with Gasteiger partial charge in [0.1, 0.15) is 0 Å². The molecule has 1 N–H and O–H groups in total. The molecule has 1 aliphatic rings. The Morgan fingerprint density at radius 3 is 2.63 bits per heavy atom. The third-order valence-electron chi connectivity index (χ3n) is 3.09. The Hall–Kier alpha value is -0.650. The summed E-state index contributed by atoms with van der Waals surface area (Å²) < 4.78 is 38.3. The minimum atomic E-state index is -4.41. The Bertz CT molecular complexity index is 437. The molecular formula is C12H15Cl2F3N2. The number of hydrogen-bond acceptors (Lipinski definition) is 2. The highest BCUT2D eigenvalue weighted by Crippen LogP contribution is 2.37. The van der Waals surface area contributed by atoms with Gasteiger partial charge in [0.2, 0.25) is 0 Å². The van der Waals surface area contributed by atoms with Gasteiger partial charge in [-0.05, 0) is 25.1 Å². The molecule has 1 saturated heterocycles. The zero-order valence-corrected chi connectivity index (χ0v) is 11.9. The maximum absolute atomic E-state index is 12.8. The zero-order chi connectivity index (χ0) is 13.3. The van der Waals surface area contributed by atoms with E-state index in [4.69, 9.17) is 11.6 Å². The van der Waals surface area contributed by atoms with Crippen LogP contribution in [0, 0.1) is 0 Å². The van der Waals surface area contributed by atoms with Crippen molar-refractivity contribution in [2.45, 2.75) is 19.1 Å². The van der Waals surface area contributed by atoms with Crippen molar-refractivity contribution in [2.75, 3.05) is 24.5 Å². The van der Waals surface area contributed by atoms with Crippen LogP contribution in [0.2, 0.25) is 5.02 Å². The lowest BCUT2D eigenvalue weighted by Gasteiger charge is -2.36. The number of nitrogens with zero attached hydrogens (tertiary/aromatic N) is 1. The van der Waals surface area contributed by atoms with Crippen LogP contribution >= 0.6 is 24.0 Å². The van der Waals surface area contributed by atoms with Gasteiger partial charge in [-0.15, -0.1) is 12.4 Å². The Kier molecular flexibility index (Phi) is 5.35. The molecule has 7 heteroatoms. The summed E-state index contributed by atoms with van der Waals surface area (Å²) in [6, 6.07) is 4.25. The number of hydrogen-bond donors (Lipinski definition) is 1. The molecule has 0 radical (unpaired) electrons. The van der Waals surface area contributed by atoms with E-state index < -0.39 is 11.7 Å². The first kappa shape index (κ1) is 16.4. The minimum absolute atomic E-state index is 0. The maximum atomic E-state index is 12.8. The molecule has 1 atom stereocenters. The number of halogens is 5. The maximum Gasteiger partial charge on any atom is 0.417 e. The molecule has 0 spiro atoms. The molecule has 19 heavy (non-hydrogen) atoms. The molecular weight excluding hydrogens is 300 g/mol. The predicted octanol–water partition coefficient (Wildman–Crippen LogP) is 3.58. The van der Waals surface area contributed by atoms with Gasteiger partial charge in [-0.3, -0.25) is 0 Å². The van der Waals surface area contributed by atoms with Gasteiger partial charge in [0.25, 0.3) is 0 Å². The fourth-order valence-electron chi connectivity index (χ4n) is 2.13. The molecule has 1 heterocycles. The highest BCUT2D eigenvalue weighted by Gasteiger charge is 2.34. The Balaban J connectivity index is 0.00000180. The molecule has 2 rings (SSSR count). The number of alkyl halides is 3. The minimum Gasteiger partial charge on any atom is -0.366 e. The summed E-state index contributed by atoms with van der Waals surface area (Å²) in [5.41, 5.74) is -0.201. The molecule has 108 valence electrons. The van der Waals surface area contributed by atoms with E-state index in [0.717, 1.165) is 19.2 Å². The lowest BCUT2D eigenvalue weighted by Crippen LogP contribution is -2.50. The SMILES string of the molecule is CC1CNCCN1c1ccc(Cl)c(C(F)(F)F)c1.Cl. The van der Waals surface area contributed by atoms with Crippen LogP contribution in [0.4, 0.5) is 18.9 Å². The predicted molar refractivity (Wildman–Crippen MR) is 73.4 cm³/mol. The van der Waals surface area contributed by atoms with E-state index in [0.29, 0.717) is 12.2 Å². The lowest BCUT2D eigenvalue weighted by atomic mass is 10.1. The standard InChI is InChI=1S/C12H14ClF3N2.ClH/c1-8-7-17-4-5-18(8)9-2-3-11(13)10(6-9)12(14,15)16;/h2-3,6,8,17H,4-5,7H2,1H3;1H. The van der Waals surface area contributed by atoms with E-state index in [2.05, 4.69) is 5.32 Å².